The summed E-state index contributed by atoms with van der Waals surface area (Å²) in [5.74, 6) is 1.12. The molecule has 112 valence electrons. The molecule has 0 unspecified atom stereocenters. The van der Waals surface area contributed by atoms with Crippen molar-refractivity contribution < 1.29 is 9.21 Å². The molecule has 0 aliphatic carbocycles. The maximum atomic E-state index is 12.5. The van der Waals surface area contributed by atoms with E-state index in [1.54, 1.807) is 6.26 Å². The molecule has 0 radical (unpaired) electrons. The Morgan fingerprint density at radius 3 is 2.90 bits per heavy atom. The SMILES string of the molecule is O=C(c1sccc1Br)N1CCCN(Cc2ccco2)CC1. The van der Waals surface area contributed by atoms with Crippen molar-refractivity contribution in [2.75, 3.05) is 26.2 Å². The summed E-state index contributed by atoms with van der Waals surface area (Å²) in [6.45, 7) is 4.28. The van der Waals surface area contributed by atoms with Crippen LogP contribution in [0, 0.1) is 0 Å². The standard InChI is InChI=1S/C15H17BrN2O2S/c16-13-4-10-21-14(13)15(19)18-6-2-5-17(7-8-18)11-12-3-1-9-20-12/h1,3-4,9-10H,2,5-8,11H2. The van der Waals surface area contributed by atoms with Gasteiger partial charge in [-0.1, -0.05) is 0 Å². The second-order valence-corrected chi connectivity index (χ2v) is 6.87. The second-order valence-electron chi connectivity index (χ2n) is 5.10. The van der Waals surface area contributed by atoms with Gasteiger partial charge in [0.1, 0.15) is 10.6 Å². The topological polar surface area (TPSA) is 36.7 Å². The van der Waals surface area contributed by atoms with Crippen molar-refractivity contribution in [2.24, 2.45) is 0 Å². The predicted molar refractivity (Wildman–Crippen MR) is 86.5 cm³/mol. The first kappa shape index (κ1) is 14.8. The van der Waals surface area contributed by atoms with E-state index in [9.17, 15) is 4.79 Å². The molecular formula is C15H17BrN2O2S. The maximum absolute atomic E-state index is 12.5. The number of halogens is 1. The van der Waals surface area contributed by atoms with Gasteiger partial charge in [-0.3, -0.25) is 9.69 Å². The highest BCUT2D eigenvalue weighted by Crippen LogP contribution is 2.24. The number of hydrogen-bond donors (Lipinski definition) is 0. The monoisotopic (exact) mass is 368 g/mol. The van der Waals surface area contributed by atoms with Crippen LogP contribution in [0.1, 0.15) is 21.9 Å². The molecule has 0 atom stereocenters. The molecule has 1 aliphatic heterocycles. The highest BCUT2D eigenvalue weighted by Gasteiger charge is 2.22. The summed E-state index contributed by atoms with van der Waals surface area (Å²) in [5.41, 5.74) is 0. The molecule has 4 nitrogen and oxygen atoms in total. The lowest BCUT2D eigenvalue weighted by Gasteiger charge is -2.21. The van der Waals surface area contributed by atoms with E-state index in [4.69, 9.17) is 4.42 Å². The lowest BCUT2D eigenvalue weighted by molar-refractivity contribution is 0.0765. The van der Waals surface area contributed by atoms with Crippen molar-refractivity contribution >= 4 is 33.2 Å². The molecule has 0 saturated carbocycles. The lowest BCUT2D eigenvalue weighted by Crippen LogP contribution is -2.34. The van der Waals surface area contributed by atoms with Crippen LogP contribution in [0.4, 0.5) is 0 Å². The van der Waals surface area contributed by atoms with Gasteiger partial charge in [-0.15, -0.1) is 11.3 Å². The van der Waals surface area contributed by atoms with E-state index in [2.05, 4.69) is 20.8 Å². The second kappa shape index (κ2) is 6.77. The van der Waals surface area contributed by atoms with Crippen molar-refractivity contribution in [1.82, 2.24) is 9.80 Å². The van der Waals surface area contributed by atoms with Crippen LogP contribution in [-0.2, 0) is 6.54 Å². The number of rotatable bonds is 3. The summed E-state index contributed by atoms with van der Waals surface area (Å²) >= 11 is 4.94. The number of carbonyl (C=O) groups is 1. The molecule has 1 aliphatic rings. The third-order valence-electron chi connectivity index (χ3n) is 3.65. The zero-order chi connectivity index (χ0) is 14.7. The van der Waals surface area contributed by atoms with Crippen LogP contribution in [-0.4, -0.2) is 41.9 Å². The van der Waals surface area contributed by atoms with E-state index in [0.717, 1.165) is 54.3 Å². The van der Waals surface area contributed by atoms with Gasteiger partial charge in [-0.25, -0.2) is 0 Å². The number of nitrogens with zero attached hydrogens (tertiary/aromatic N) is 2. The normalized spacial score (nSPS) is 16.9. The molecule has 0 bridgehead atoms. The van der Waals surface area contributed by atoms with Crippen molar-refractivity contribution in [3.05, 3.63) is 45.0 Å². The number of thiophene rings is 1. The van der Waals surface area contributed by atoms with Crippen LogP contribution < -0.4 is 0 Å². The van der Waals surface area contributed by atoms with E-state index in [1.165, 1.54) is 11.3 Å². The van der Waals surface area contributed by atoms with Gasteiger partial charge in [-0.05, 0) is 45.9 Å². The summed E-state index contributed by atoms with van der Waals surface area (Å²) in [6.07, 6.45) is 2.70. The van der Waals surface area contributed by atoms with Crippen molar-refractivity contribution in [1.29, 1.82) is 0 Å². The highest BCUT2D eigenvalue weighted by molar-refractivity contribution is 9.10. The van der Waals surface area contributed by atoms with Gasteiger partial charge in [0, 0.05) is 30.7 Å². The van der Waals surface area contributed by atoms with E-state index in [0.29, 0.717) is 0 Å². The van der Waals surface area contributed by atoms with Crippen LogP contribution in [0.5, 0.6) is 0 Å². The van der Waals surface area contributed by atoms with E-state index in [-0.39, 0.29) is 5.91 Å². The van der Waals surface area contributed by atoms with E-state index < -0.39 is 0 Å². The Morgan fingerprint density at radius 2 is 2.19 bits per heavy atom. The average molecular weight is 369 g/mol. The van der Waals surface area contributed by atoms with E-state index >= 15 is 0 Å². The predicted octanol–water partition coefficient (Wildman–Crippen LogP) is 3.45. The zero-order valence-corrected chi connectivity index (χ0v) is 14.0. The molecule has 3 heterocycles. The van der Waals surface area contributed by atoms with Crippen molar-refractivity contribution in [3.63, 3.8) is 0 Å². The Morgan fingerprint density at radius 1 is 1.29 bits per heavy atom. The molecule has 2 aromatic heterocycles. The molecule has 1 saturated heterocycles. The third kappa shape index (κ3) is 3.56. The molecule has 6 heteroatoms. The maximum Gasteiger partial charge on any atom is 0.265 e. The molecule has 0 N–H and O–H groups in total. The van der Waals surface area contributed by atoms with Crippen LogP contribution in [0.3, 0.4) is 0 Å². The largest absolute Gasteiger partial charge is 0.468 e. The molecule has 21 heavy (non-hydrogen) atoms. The molecule has 0 aromatic carbocycles. The average Bonchev–Trinajstić information content (AvgIpc) is 3.07. The first-order valence-electron chi connectivity index (χ1n) is 7.01. The van der Waals surface area contributed by atoms with Gasteiger partial charge in [0.05, 0.1) is 12.8 Å². The van der Waals surface area contributed by atoms with Gasteiger partial charge in [0.2, 0.25) is 0 Å². The third-order valence-corrected chi connectivity index (χ3v) is 5.47. The molecule has 1 amide bonds. The number of carbonyl (C=O) groups excluding carboxylic acids is 1. The van der Waals surface area contributed by atoms with Gasteiger partial charge >= 0.3 is 0 Å². The number of furan rings is 1. The Bertz CT molecular complexity index is 597. The molecule has 0 spiro atoms. The first-order chi connectivity index (χ1) is 10.2. The summed E-state index contributed by atoms with van der Waals surface area (Å²) in [5, 5.41) is 1.94. The summed E-state index contributed by atoms with van der Waals surface area (Å²) in [6, 6.07) is 5.84. The van der Waals surface area contributed by atoms with Crippen molar-refractivity contribution in [3.8, 4) is 0 Å². The van der Waals surface area contributed by atoms with Crippen LogP contribution in [0.25, 0.3) is 0 Å². The van der Waals surface area contributed by atoms with E-state index in [1.807, 2.05) is 28.5 Å². The Hall–Kier alpha value is -1.11. The fraction of sp³-hybridized carbons (Fsp3) is 0.400. The fourth-order valence-corrected chi connectivity index (χ4v) is 4.05. The van der Waals surface area contributed by atoms with Gasteiger partial charge < -0.3 is 9.32 Å². The van der Waals surface area contributed by atoms with Crippen molar-refractivity contribution in [2.45, 2.75) is 13.0 Å². The minimum atomic E-state index is 0.136. The summed E-state index contributed by atoms with van der Waals surface area (Å²) < 4.78 is 6.30. The summed E-state index contributed by atoms with van der Waals surface area (Å²) in [7, 11) is 0. The van der Waals surface area contributed by atoms with Gasteiger partial charge in [-0.2, -0.15) is 0 Å². The molecular weight excluding hydrogens is 352 g/mol. The van der Waals surface area contributed by atoms with Gasteiger partial charge in [0.15, 0.2) is 0 Å². The Labute approximate surface area is 136 Å². The summed E-state index contributed by atoms with van der Waals surface area (Å²) in [4.78, 5) is 17.6. The number of amides is 1. The zero-order valence-electron chi connectivity index (χ0n) is 11.6. The van der Waals surface area contributed by atoms with Crippen LogP contribution in [0.15, 0.2) is 38.7 Å². The molecule has 3 rings (SSSR count). The fourth-order valence-electron chi connectivity index (χ4n) is 2.55. The molecule has 2 aromatic rings. The quantitative estimate of drug-likeness (QED) is 0.832. The Balaban J connectivity index is 1.60. The molecule has 1 fully saturated rings. The Kier molecular flexibility index (Phi) is 4.77. The van der Waals surface area contributed by atoms with Crippen LogP contribution >= 0.6 is 27.3 Å². The number of hydrogen-bond acceptors (Lipinski definition) is 4. The van der Waals surface area contributed by atoms with Crippen LogP contribution in [0.2, 0.25) is 0 Å². The lowest BCUT2D eigenvalue weighted by atomic mass is 10.3. The minimum Gasteiger partial charge on any atom is -0.468 e. The first-order valence-corrected chi connectivity index (χ1v) is 8.68. The minimum absolute atomic E-state index is 0.136. The smallest absolute Gasteiger partial charge is 0.265 e. The van der Waals surface area contributed by atoms with Gasteiger partial charge in [0.25, 0.3) is 5.91 Å². The highest BCUT2D eigenvalue weighted by atomic mass is 79.9.